The summed E-state index contributed by atoms with van der Waals surface area (Å²) in [6.07, 6.45) is 1.76. The van der Waals surface area contributed by atoms with Crippen LogP contribution in [0, 0.1) is 0 Å². The lowest BCUT2D eigenvalue weighted by Gasteiger charge is -2.03. The van der Waals surface area contributed by atoms with Crippen LogP contribution in [0.2, 0.25) is 5.02 Å². The zero-order valence-electron chi connectivity index (χ0n) is 11.3. The third-order valence-electron chi connectivity index (χ3n) is 3.21. The number of rotatable bonds is 3. The summed E-state index contributed by atoms with van der Waals surface area (Å²) in [5.74, 6) is 0.702. The molecule has 3 rings (SSSR count). The molecule has 0 fully saturated rings. The number of aromatic amines is 1. The Morgan fingerprint density at radius 1 is 1.14 bits per heavy atom. The van der Waals surface area contributed by atoms with Gasteiger partial charge in [0.15, 0.2) is 0 Å². The molecule has 0 amide bonds. The molecule has 0 saturated heterocycles. The molecule has 0 radical (unpaired) electrons. The average molecular weight is 301 g/mol. The number of halogens is 1. The van der Waals surface area contributed by atoms with Crippen molar-refractivity contribution in [1.29, 1.82) is 0 Å². The number of H-pyrrole nitrogens is 1. The Bertz CT molecular complexity index is 819. The summed E-state index contributed by atoms with van der Waals surface area (Å²) >= 11 is 5.87. The van der Waals surface area contributed by atoms with E-state index < -0.39 is 0 Å². The minimum absolute atomic E-state index is 0.201. The molecule has 1 N–H and O–H groups in total. The molecular formula is C16H13ClN2O2. The number of nitrogens with one attached hydrogen (secondary N) is 1. The van der Waals surface area contributed by atoms with E-state index in [1.165, 1.54) is 0 Å². The summed E-state index contributed by atoms with van der Waals surface area (Å²) in [4.78, 5) is 15.0. The smallest absolute Gasteiger partial charge is 0.330 e. The van der Waals surface area contributed by atoms with Crippen molar-refractivity contribution in [2.45, 2.75) is 0 Å². The fourth-order valence-corrected chi connectivity index (χ4v) is 2.25. The lowest BCUT2D eigenvalue weighted by atomic mass is 10.2. The maximum absolute atomic E-state index is 12.1. The van der Waals surface area contributed by atoms with Crippen molar-refractivity contribution >= 4 is 11.6 Å². The van der Waals surface area contributed by atoms with Crippen LogP contribution in [-0.4, -0.2) is 16.7 Å². The molecule has 0 saturated carbocycles. The first kappa shape index (κ1) is 13.5. The Kier molecular flexibility index (Phi) is 3.54. The van der Waals surface area contributed by atoms with Gasteiger partial charge in [-0.25, -0.2) is 4.79 Å². The number of hydrogen-bond donors (Lipinski definition) is 1. The molecule has 0 unspecified atom stereocenters. The van der Waals surface area contributed by atoms with Crippen molar-refractivity contribution < 1.29 is 4.74 Å². The van der Waals surface area contributed by atoms with E-state index in [2.05, 4.69) is 4.98 Å². The molecule has 0 aliphatic carbocycles. The van der Waals surface area contributed by atoms with Gasteiger partial charge in [0.25, 0.3) is 0 Å². The van der Waals surface area contributed by atoms with Gasteiger partial charge in [-0.05, 0) is 29.8 Å². The van der Waals surface area contributed by atoms with Gasteiger partial charge in [-0.3, -0.25) is 4.57 Å². The van der Waals surface area contributed by atoms with Crippen LogP contribution in [0.25, 0.3) is 16.9 Å². The van der Waals surface area contributed by atoms with Crippen LogP contribution in [-0.2, 0) is 0 Å². The van der Waals surface area contributed by atoms with Crippen LogP contribution in [0.15, 0.2) is 59.5 Å². The first-order chi connectivity index (χ1) is 10.2. The first-order valence-electron chi connectivity index (χ1n) is 6.39. The number of nitrogens with zero attached hydrogens (tertiary/aromatic N) is 1. The molecule has 0 bridgehead atoms. The quantitative estimate of drug-likeness (QED) is 0.805. The van der Waals surface area contributed by atoms with Crippen molar-refractivity contribution in [3.63, 3.8) is 0 Å². The number of ether oxygens (including phenoxy) is 1. The molecule has 1 heterocycles. The average Bonchev–Trinajstić information content (AvgIpc) is 2.90. The standard InChI is InChI=1S/C16H13ClN2O2/c1-21-14-4-2-3-13(9-14)19-10-15(18-16(19)20)11-5-7-12(17)8-6-11/h2-10H,1H3,(H,18,20). The summed E-state index contributed by atoms with van der Waals surface area (Å²) < 4.78 is 6.73. The van der Waals surface area contributed by atoms with E-state index in [0.717, 1.165) is 16.9 Å². The van der Waals surface area contributed by atoms with Crippen LogP contribution < -0.4 is 10.4 Å². The van der Waals surface area contributed by atoms with Crippen LogP contribution >= 0.6 is 11.6 Å². The number of hydrogen-bond acceptors (Lipinski definition) is 2. The van der Waals surface area contributed by atoms with Gasteiger partial charge in [0.2, 0.25) is 0 Å². The Morgan fingerprint density at radius 3 is 2.62 bits per heavy atom. The Hall–Kier alpha value is -2.46. The molecule has 5 heteroatoms. The van der Waals surface area contributed by atoms with Crippen LogP contribution in [0.1, 0.15) is 0 Å². The predicted octanol–water partition coefficient (Wildman–Crippen LogP) is 3.49. The number of methoxy groups -OCH3 is 1. The summed E-state index contributed by atoms with van der Waals surface area (Å²) in [5, 5.41) is 0.660. The molecule has 1 aromatic heterocycles. The minimum atomic E-state index is -0.201. The number of imidazole rings is 1. The Morgan fingerprint density at radius 2 is 1.90 bits per heavy atom. The Balaban J connectivity index is 2.05. The lowest BCUT2D eigenvalue weighted by Crippen LogP contribution is -2.13. The van der Waals surface area contributed by atoms with E-state index in [0.29, 0.717) is 10.8 Å². The second-order valence-corrected chi connectivity index (χ2v) is 4.99. The maximum atomic E-state index is 12.1. The summed E-state index contributed by atoms with van der Waals surface area (Å²) in [5.41, 5.74) is 2.18. The first-order valence-corrected chi connectivity index (χ1v) is 6.77. The van der Waals surface area contributed by atoms with Gasteiger partial charge in [0.1, 0.15) is 5.75 Å². The largest absolute Gasteiger partial charge is 0.497 e. The molecular weight excluding hydrogens is 288 g/mol. The third-order valence-corrected chi connectivity index (χ3v) is 3.46. The normalized spacial score (nSPS) is 10.6. The van der Waals surface area contributed by atoms with E-state index in [9.17, 15) is 4.79 Å². The molecule has 0 spiro atoms. The van der Waals surface area contributed by atoms with Crippen molar-refractivity contribution in [1.82, 2.24) is 9.55 Å². The van der Waals surface area contributed by atoms with E-state index in [1.54, 1.807) is 36.1 Å². The SMILES string of the molecule is COc1cccc(-n2cc(-c3ccc(Cl)cc3)[nH]c2=O)c1. The van der Waals surface area contributed by atoms with E-state index in [4.69, 9.17) is 16.3 Å². The summed E-state index contributed by atoms with van der Waals surface area (Å²) in [6.45, 7) is 0. The number of aromatic nitrogens is 2. The highest BCUT2D eigenvalue weighted by atomic mass is 35.5. The van der Waals surface area contributed by atoms with Gasteiger partial charge in [-0.15, -0.1) is 0 Å². The second-order valence-electron chi connectivity index (χ2n) is 4.55. The van der Waals surface area contributed by atoms with Gasteiger partial charge in [-0.2, -0.15) is 0 Å². The van der Waals surface area contributed by atoms with Gasteiger partial charge in [0, 0.05) is 17.3 Å². The van der Waals surface area contributed by atoms with Crippen LogP contribution in [0.5, 0.6) is 5.75 Å². The van der Waals surface area contributed by atoms with Crippen LogP contribution in [0.3, 0.4) is 0 Å². The van der Waals surface area contributed by atoms with Gasteiger partial charge >= 0.3 is 5.69 Å². The highest BCUT2D eigenvalue weighted by Crippen LogP contribution is 2.21. The zero-order chi connectivity index (χ0) is 14.8. The van der Waals surface area contributed by atoms with E-state index in [1.807, 2.05) is 30.3 Å². The van der Waals surface area contributed by atoms with E-state index in [-0.39, 0.29) is 5.69 Å². The zero-order valence-corrected chi connectivity index (χ0v) is 12.1. The molecule has 21 heavy (non-hydrogen) atoms. The molecule has 2 aromatic carbocycles. The monoisotopic (exact) mass is 300 g/mol. The molecule has 106 valence electrons. The van der Waals surface area contributed by atoms with Crippen LogP contribution in [0.4, 0.5) is 0 Å². The van der Waals surface area contributed by atoms with Crippen molar-refractivity contribution in [2.24, 2.45) is 0 Å². The van der Waals surface area contributed by atoms with Gasteiger partial charge in [0.05, 0.1) is 18.5 Å². The Labute approximate surface area is 126 Å². The highest BCUT2D eigenvalue weighted by Gasteiger charge is 2.07. The summed E-state index contributed by atoms with van der Waals surface area (Å²) in [6, 6.07) is 14.6. The fourth-order valence-electron chi connectivity index (χ4n) is 2.12. The minimum Gasteiger partial charge on any atom is -0.497 e. The maximum Gasteiger partial charge on any atom is 0.330 e. The molecule has 0 aliphatic rings. The molecule has 3 aromatic rings. The second kappa shape index (κ2) is 5.50. The fraction of sp³-hybridized carbons (Fsp3) is 0.0625. The van der Waals surface area contributed by atoms with Crippen molar-refractivity contribution in [3.8, 4) is 22.7 Å². The van der Waals surface area contributed by atoms with E-state index >= 15 is 0 Å². The topological polar surface area (TPSA) is 47.0 Å². The third kappa shape index (κ3) is 2.71. The van der Waals surface area contributed by atoms with Gasteiger partial charge in [-0.1, -0.05) is 29.8 Å². The van der Waals surface area contributed by atoms with Gasteiger partial charge < -0.3 is 9.72 Å². The number of benzene rings is 2. The molecule has 4 nitrogen and oxygen atoms in total. The van der Waals surface area contributed by atoms with Crippen molar-refractivity contribution in [3.05, 3.63) is 70.2 Å². The lowest BCUT2D eigenvalue weighted by molar-refractivity contribution is 0.414. The summed E-state index contributed by atoms with van der Waals surface area (Å²) in [7, 11) is 1.60. The molecule has 0 aliphatic heterocycles. The van der Waals surface area contributed by atoms with Crippen molar-refractivity contribution in [2.75, 3.05) is 7.11 Å². The molecule has 0 atom stereocenters. The predicted molar refractivity (Wildman–Crippen MR) is 83.4 cm³/mol. The highest BCUT2D eigenvalue weighted by molar-refractivity contribution is 6.30.